The van der Waals surface area contributed by atoms with E-state index in [4.69, 9.17) is 17.3 Å². The summed E-state index contributed by atoms with van der Waals surface area (Å²) in [6, 6.07) is 0.807. The normalized spacial score (nSPS) is 12.7. The first-order valence-corrected chi connectivity index (χ1v) is 6.85. The number of halogens is 4. The Labute approximate surface area is 134 Å². The van der Waals surface area contributed by atoms with Gasteiger partial charge in [0.25, 0.3) is 0 Å². The monoisotopic (exact) mass is 346 g/mol. The topological polar surface area (TPSA) is 80.6 Å². The quantitative estimate of drug-likeness (QED) is 0.506. The number of rotatable bonds is 4. The first-order chi connectivity index (χ1) is 10.7. The lowest BCUT2D eigenvalue weighted by molar-refractivity contribution is -0.137. The molecular formula is C13H14ClF3N6. The Morgan fingerprint density at radius 1 is 1.48 bits per heavy atom. The molecule has 124 valence electrons. The molecule has 0 fully saturated rings. The summed E-state index contributed by atoms with van der Waals surface area (Å²) >= 11 is 5.82. The van der Waals surface area contributed by atoms with Crippen LogP contribution in [0.15, 0.2) is 29.4 Å². The predicted octanol–water partition coefficient (Wildman–Crippen LogP) is 2.38. The van der Waals surface area contributed by atoms with E-state index in [0.717, 1.165) is 22.2 Å². The summed E-state index contributed by atoms with van der Waals surface area (Å²) in [5.41, 5.74) is 5.73. The summed E-state index contributed by atoms with van der Waals surface area (Å²) in [7, 11) is 0. The average Bonchev–Trinajstić information content (AvgIpc) is 2.85. The van der Waals surface area contributed by atoms with Crippen LogP contribution in [-0.4, -0.2) is 27.1 Å². The van der Waals surface area contributed by atoms with Gasteiger partial charge in [-0.25, -0.2) is 4.99 Å². The van der Waals surface area contributed by atoms with E-state index in [9.17, 15) is 13.2 Å². The third kappa shape index (κ3) is 4.13. The number of hydrogen-bond acceptors (Lipinski definition) is 3. The van der Waals surface area contributed by atoms with Crippen molar-refractivity contribution in [2.24, 2.45) is 10.7 Å². The molecule has 0 amide bonds. The largest absolute Gasteiger partial charge is 0.417 e. The molecule has 2 aromatic heterocycles. The summed E-state index contributed by atoms with van der Waals surface area (Å²) in [5.74, 6) is 0.316. The van der Waals surface area contributed by atoms with Crippen molar-refractivity contribution < 1.29 is 13.2 Å². The Morgan fingerprint density at radius 2 is 2.17 bits per heavy atom. The van der Waals surface area contributed by atoms with Crippen LogP contribution in [0.25, 0.3) is 5.65 Å². The lowest BCUT2D eigenvalue weighted by Gasteiger charge is -2.08. The summed E-state index contributed by atoms with van der Waals surface area (Å²) in [4.78, 5) is 4.00. The molecule has 23 heavy (non-hydrogen) atoms. The van der Waals surface area contributed by atoms with Crippen LogP contribution in [0, 0.1) is 0 Å². The smallest absolute Gasteiger partial charge is 0.370 e. The van der Waals surface area contributed by atoms with Crippen molar-refractivity contribution >= 4 is 23.2 Å². The van der Waals surface area contributed by atoms with Gasteiger partial charge in [0, 0.05) is 12.7 Å². The molecular weight excluding hydrogens is 333 g/mol. The SMILES string of the molecule is C=C(C)CNC(N)=NCc1nnc2c(Cl)cc(C(F)(F)F)cn12. The second kappa shape index (κ2) is 6.45. The second-order valence-corrected chi connectivity index (χ2v) is 5.30. The average molecular weight is 347 g/mol. The number of alkyl halides is 3. The van der Waals surface area contributed by atoms with E-state index in [-0.39, 0.29) is 29.0 Å². The molecule has 0 radical (unpaired) electrons. The van der Waals surface area contributed by atoms with Crippen LogP contribution in [0.5, 0.6) is 0 Å². The van der Waals surface area contributed by atoms with Gasteiger partial charge in [0.1, 0.15) is 6.54 Å². The van der Waals surface area contributed by atoms with Gasteiger partial charge in [-0.1, -0.05) is 23.8 Å². The van der Waals surface area contributed by atoms with E-state index < -0.39 is 11.7 Å². The maximum Gasteiger partial charge on any atom is 0.417 e. The van der Waals surface area contributed by atoms with Crippen molar-refractivity contribution in [2.45, 2.75) is 19.6 Å². The third-order valence-corrected chi connectivity index (χ3v) is 3.10. The molecule has 0 unspecified atom stereocenters. The van der Waals surface area contributed by atoms with Crippen molar-refractivity contribution in [3.63, 3.8) is 0 Å². The van der Waals surface area contributed by atoms with Crippen LogP contribution in [-0.2, 0) is 12.7 Å². The molecule has 0 aliphatic rings. The Hall–Kier alpha value is -2.29. The van der Waals surface area contributed by atoms with Gasteiger partial charge in [0.05, 0.1) is 10.6 Å². The van der Waals surface area contributed by atoms with Gasteiger partial charge in [0.15, 0.2) is 17.4 Å². The zero-order valence-electron chi connectivity index (χ0n) is 12.2. The summed E-state index contributed by atoms with van der Waals surface area (Å²) < 4.78 is 39.7. The van der Waals surface area contributed by atoms with E-state index in [2.05, 4.69) is 27.1 Å². The summed E-state index contributed by atoms with van der Waals surface area (Å²) in [6.07, 6.45) is -3.64. The fourth-order valence-electron chi connectivity index (χ4n) is 1.72. The number of nitrogens with one attached hydrogen (secondary N) is 1. The van der Waals surface area contributed by atoms with E-state index >= 15 is 0 Å². The first-order valence-electron chi connectivity index (χ1n) is 6.47. The molecule has 10 heteroatoms. The number of hydrogen-bond donors (Lipinski definition) is 2. The highest BCUT2D eigenvalue weighted by atomic mass is 35.5. The van der Waals surface area contributed by atoms with Crippen LogP contribution < -0.4 is 11.1 Å². The molecule has 2 rings (SSSR count). The molecule has 0 saturated carbocycles. The summed E-state index contributed by atoms with van der Waals surface area (Å²) in [5, 5.41) is 10.2. The lowest BCUT2D eigenvalue weighted by Crippen LogP contribution is -2.32. The maximum atomic E-state index is 12.8. The first kappa shape index (κ1) is 17.1. The van der Waals surface area contributed by atoms with Crippen molar-refractivity contribution in [2.75, 3.05) is 6.54 Å². The Morgan fingerprint density at radius 3 is 2.78 bits per heavy atom. The van der Waals surface area contributed by atoms with Crippen molar-refractivity contribution in [3.8, 4) is 0 Å². The number of aliphatic imine (C=N–C) groups is 1. The molecule has 3 N–H and O–H groups in total. The molecule has 6 nitrogen and oxygen atoms in total. The minimum atomic E-state index is -4.52. The van der Waals surface area contributed by atoms with Gasteiger partial charge >= 0.3 is 6.18 Å². The van der Waals surface area contributed by atoms with Crippen LogP contribution in [0.4, 0.5) is 13.2 Å². The van der Waals surface area contributed by atoms with E-state index in [1.165, 1.54) is 0 Å². The number of aromatic nitrogens is 3. The van der Waals surface area contributed by atoms with Gasteiger partial charge in [-0.2, -0.15) is 13.2 Å². The Bertz CT molecular complexity index is 765. The molecule has 2 aromatic rings. The van der Waals surface area contributed by atoms with E-state index in [1.54, 1.807) is 0 Å². The minimum Gasteiger partial charge on any atom is -0.370 e. The highest BCUT2D eigenvalue weighted by Gasteiger charge is 2.32. The second-order valence-electron chi connectivity index (χ2n) is 4.90. The lowest BCUT2D eigenvalue weighted by atomic mass is 10.3. The highest BCUT2D eigenvalue weighted by molar-refractivity contribution is 6.33. The number of fused-ring (bicyclic) bond motifs is 1. The fraction of sp³-hybridized carbons (Fsp3) is 0.308. The molecule has 0 bridgehead atoms. The van der Waals surface area contributed by atoms with Crippen LogP contribution in [0.3, 0.4) is 0 Å². The van der Waals surface area contributed by atoms with Gasteiger partial charge in [-0.3, -0.25) is 4.40 Å². The molecule has 0 aliphatic heterocycles. The van der Waals surface area contributed by atoms with Crippen molar-refractivity contribution in [1.82, 2.24) is 19.9 Å². The number of guanidine groups is 1. The third-order valence-electron chi connectivity index (χ3n) is 2.82. The molecule has 0 atom stereocenters. The van der Waals surface area contributed by atoms with Crippen molar-refractivity contribution in [3.05, 3.63) is 40.8 Å². The predicted molar refractivity (Wildman–Crippen MR) is 81.1 cm³/mol. The van der Waals surface area contributed by atoms with Gasteiger partial charge in [-0.15, -0.1) is 10.2 Å². The van der Waals surface area contributed by atoms with Crippen LogP contribution in [0.1, 0.15) is 18.3 Å². The summed E-state index contributed by atoms with van der Waals surface area (Å²) in [6.45, 7) is 5.91. The van der Waals surface area contributed by atoms with E-state index in [1.807, 2.05) is 6.92 Å². The number of nitrogens with two attached hydrogens (primary N) is 1. The van der Waals surface area contributed by atoms with Gasteiger partial charge in [-0.05, 0) is 13.0 Å². The standard InChI is InChI=1S/C13H14ClF3N6/c1-7(2)4-19-12(18)20-5-10-21-22-11-9(14)3-8(6-23(10)11)13(15,16)17/h3,6H,1,4-5H2,2H3,(H3,18,19,20). The van der Waals surface area contributed by atoms with Gasteiger partial charge < -0.3 is 11.1 Å². The van der Waals surface area contributed by atoms with Gasteiger partial charge in [0.2, 0.25) is 0 Å². The molecule has 0 saturated heterocycles. The fourth-order valence-corrected chi connectivity index (χ4v) is 1.96. The Balaban J connectivity index is 2.30. The number of nitrogens with zero attached hydrogens (tertiary/aromatic N) is 4. The number of pyridine rings is 1. The Kier molecular flexibility index (Phi) is 4.79. The molecule has 0 spiro atoms. The minimum absolute atomic E-state index is 0.0478. The maximum absolute atomic E-state index is 12.8. The highest BCUT2D eigenvalue weighted by Crippen LogP contribution is 2.32. The van der Waals surface area contributed by atoms with Crippen LogP contribution >= 0.6 is 11.6 Å². The molecule has 0 aliphatic carbocycles. The zero-order chi connectivity index (χ0) is 17.2. The zero-order valence-corrected chi connectivity index (χ0v) is 12.9. The van der Waals surface area contributed by atoms with Crippen LogP contribution in [0.2, 0.25) is 5.02 Å². The molecule has 0 aromatic carbocycles. The van der Waals surface area contributed by atoms with E-state index in [0.29, 0.717) is 6.54 Å². The van der Waals surface area contributed by atoms with Crippen molar-refractivity contribution in [1.29, 1.82) is 0 Å². The molecule has 2 heterocycles.